The van der Waals surface area contributed by atoms with Crippen molar-refractivity contribution in [3.8, 4) is 0 Å². The van der Waals surface area contributed by atoms with Gasteiger partial charge in [0.2, 0.25) is 0 Å². The van der Waals surface area contributed by atoms with Crippen molar-refractivity contribution in [2.45, 2.75) is 11.4 Å². The number of aliphatic hydroxyl groups is 1. The van der Waals surface area contributed by atoms with Gasteiger partial charge in [0.25, 0.3) is 10.0 Å². The largest absolute Gasteiger partial charge is 0.394 e. The summed E-state index contributed by atoms with van der Waals surface area (Å²) in [4.78, 5) is -0.0713. The van der Waals surface area contributed by atoms with Crippen LogP contribution in [0.3, 0.4) is 0 Å². The lowest BCUT2D eigenvalue weighted by Crippen LogP contribution is -2.13. The van der Waals surface area contributed by atoms with Gasteiger partial charge in [-0.15, -0.1) is 0 Å². The minimum absolute atomic E-state index is 0.0395. The van der Waals surface area contributed by atoms with Crippen molar-refractivity contribution in [1.29, 1.82) is 0 Å². The van der Waals surface area contributed by atoms with E-state index in [0.717, 1.165) is 6.20 Å². The maximum Gasteiger partial charge on any atom is 0.265 e. The van der Waals surface area contributed by atoms with Gasteiger partial charge >= 0.3 is 0 Å². The molecule has 114 valence electrons. The summed E-state index contributed by atoms with van der Waals surface area (Å²) in [6, 6.07) is 2.75. The first-order valence-electron chi connectivity index (χ1n) is 5.64. The highest BCUT2D eigenvalue weighted by molar-refractivity contribution is 7.92. The van der Waals surface area contributed by atoms with Crippen LogP contribution in [0.4, 0.5) is 5.69 Å². The highest BCUT2D eigenvalue weighted by Crippen LogP contribution is 2.35. The summed E-state index contributed by atoms with van der Waals surface area (Å²) in [7, 11) is -3.90. The van der Waals surface area contributed by atoms with Gasteiger partial charge in [0.05, 0.1) is 35.1 Å². The second-order valence-corrected chi connectivity index (χ2v) is 6.95. The molecule has 0 atom stereocenters. The smallest absolute Gasteiger partial charge is 0.265 e. The van der Waals surface area contributed by atoms with Crippen molar-refractivity contribution in [2.24, 2.45) is 0 Å². The molecule has 0 aliphatic carbocycles. The Morgan fingerprint density at radius 2 is 1.86 bits per heavy atom. The predicted octanol–water partition coefficient (Wildman–Crippen LogP) is 2.64. The van der Waals surface area contributed by atoms with E-state index >= 15 is 0 Å². The molecule has 0 spiro atoms. The molecule has 2 rings (SSSR count). The van der Waals surface area contributed by atoms with Crippen LogP contribution in [0.5, 0.6) is 0 Å². The molecular formula is C11H10Cl3N3O3S. The SMILES string of the molecule is O=S(=O)(Nc1c(Cl)cc(Cl)cc1Cl)c1cnn(CCO)c1. The van der Waals surface area contributed by atoms with Gasteiger partial charge in [0, 0.05) is 11.2 Å². The summed E-state index contributed by atoms with van der Waals surface area (Å²) in [6.45, 7) is 0.0431. The van der Waals surface area contributed by atoms with Gasteiger partial charge in [-0.25, -0.2) is 8.42 Å². The van der Waals surface area contributed by atoms with E-state index < -0.39 is 10.0 Å². The number of rotatable bonds is 5. The van der Waals surface area contributed by atoms with Crippen LogP contribution in [-0.4, -0.2) is 29.9 Å². The van der Waals surface area contributed by atoms with Gasteiger partial charge in [-0.1, -0.05) is 34.8 Å². The first-order chi connectivity index (χ1) is 9.83. The molecule has 0 saturated carbocycles. The van der Waals surface area contributed by atoms with E-state index in [1.165, 1.54) is 23.0 Å². The summed E-state index contributed by atoms with van der Waals surface area (Å²) in [5.74, 6) is 0. The number of hydrogen-bond donors (Lipinski definition) is 2. The van der Waals surface area contributed by atoms with Crippen molar-refractivity contribution < 1.29 is 13.5 Å². The van der Waals surface area contributed by atoms with Gasteiger partial charge in [0.1, 0.15) is 4.90 Å². The predicted molar refractivity (Wildman–Crippen MR) is 81.6 cm³/mol. The molecule has 21 heavy (non-hydrogen) atoms. The number of aromatic nitrogens is 2. The van der Waals surface area contributed by atoms with Gasteiger partial charge in [0.15, 0.2) is 0 Å². The minimum Gasteiger partial charge on any atom is -0.394 e. The Bertz CT molecular complexity index is 738. The zero-order chi connectivity index (χ0) is 15.6. The zero-order valence-corrected chi connectivity index (χ0v) is 13.5. The molecule has 0 unspecified atom stereocenters. The summed E-state index contributed by atoms with van der Waals surface area (Å²) in [5, 5.41) is 13.1. The molecule has 0 fully saturated rings. The number of sulfonamides is 1. The van der Waals surface area contributed by atoms with Crippen molar-refractivity contribution >= 4 is 50.5 Å². The fraction of sp³-hybridized carbons (Fsp3) is 0.182. The molecule has 10 heteroatoms. The zero-order valence-electron chi connectivity index (χ0n) is 10.4. The highest BCUT2D eigenvalue weighted by Gasteiger charge is 2.20. The summed E-state index contributed by atoms with van der Waals surface area (Å²) in [6.07, 6.45) is 2.45. The van der Waals surface area contributed by atoms with Gasteiger partial charge in [-0.05, 0) is 12.1 Å². The van der Waals surface area contributed by atoms with E-state index in [2.05, 4.69) is 9.82 Å². The van der Waals surface area contributed by atoms with E-state index in [1.807, 2.05) is 0 Å². The van der Waals surface area contributed by atoms with Gasteiger partial charge in [-0.3, -0.25) is 9.40 Å². The topological polar surface area (TPSA) is 84.2 Å². The van der Waals surface area contributed by atoms with Crippen LogP contribution < -0.4 is 4.72 Å². The van der Waals surface area contributed by atoms with Gasteiger partial charge in [-0.2, -0.15) is 5.10 Å². The number of nitrogens with zero attached hydrogens (tertiary/aromatic N) is 2. The average Bonchev–Trinajstić information content (AvgIpc) is 2.84. The van der Waals surface area contributed by atoms with E-state index in [-0.39, 0.29) is 33.8 Å². The molecule has 2 N–H and O–H groups in total. The Morgan fingerprint density at radius 3 is 2.43 bits per heavy atom. The van der Waals surface area contributed by atoms with Crippen molar-refractivity contribution in [3.05, 3.63) is 39.6 Å². The molecule has 0 saturated heterocycles. The number of anilines is 1. The molecule has 0 bridgehead atoms. The number of halogens is 3. The summed E-state index contributed by atoms with van der Waals surface area (Å²) >= 11 is 17.6. The monoisotopic (exact) mass is 369 g/mol. The fourth-order valence-electron chi connectivity index (χ4n) is 1.54. The second-order valence-electron chi connectivity index (χ2n) is 4.01. The van der Waals surface area contributed by atoms with E-state index in [9.17, 15) is 8.42 Å². The molecule has 0 aliphatic heterocycles. The third kappa shape index (κ3) is 3.81. The lowest BCUT2D eigenvalue weighted by Gasteiger charge is -2.10. The number of benzene rings is 1. The molecule has 1 aromatic heterocycles. The molecular weight excluding hydrogens is 361 g/mol. The first kappa shape index (κ1) is 16.4. The van der Waals surface area contributed by atoms with Crippen molar-refractivity contribution in [2.75, 3.05) is 11.3 Å². The third-order valence-corrected chi connectivity index (χ3v) is 4.61. The number of hydrogen-bond acceptors (Lipinski definition) is 4. The Hall–Kier alpha value is -0.990. The molecule has 0 aliphatic rings. The quantitative estimate of drug-likeness (QED) is 0.847. The normalized spacial score (nSPS) is 11.6. The summed E-state index contributed by atoms with van der Waals surface area (Å²) < 4.78 is 28.1. The van der Waals surface area contributed by atoms with Crippen LogP contribution in [0.25, 0.3) is 0 Å². The molecule has 0 amide bonds. The van der Waals surface area contributed by atoms with Crippen LogP contribution in [0, 0.1) is 0 Å². The lowest BCUT2D eigenvalue weighted by atomic mass is 10.3. The van der Waals surface area contributed by atoms with E-state index in [0.29, 0.717) is 5.02 Å². The minimum atomic E-state index is -3.90. The Morgan fingerprint density at radius 1 is 1.24 bits per heavy atom. The average molecular weight is 371 g/mol. The maximum absolute atomic E-state index is 12.2. The Labute approximate surface area is 136 Å². The summed E-state index contributed by atoms with van der Waals surface area (Å²) in [5.41, 5.74) is 0.0395. The standard InChI is InChI=1S/C11H10Cl3N3O3S/c12-7-3-9(13)11(10(14)4-7)16-21(19,20)8-5-15-17(6-8)1-2-18/h3-6,16,18H,1-2H2. The van der Waals surface area contributed by atoms with Crippen LogP contribution in [0.1, 0.15) is 0 Å². The molecule has 1 heterocycles. The van der Waals surface area contributed by atoms with Crippen molar-refractivity contribution in [1.82, 2.24) is 9.78 Å². The van der Waals surface area contributed by atoms with Crippen LogP contribution in [0.2, 0.25) is 15.1 Å². The van der Waals surface area contributed by atoms with E-state index in [4.69, 9.17) is 39.9 Å². The maximum atomic E-state index is 12.2. The van der Waals surface area contributed by atoms with Crippen LogP contribution in [0.15, 0.2) is 29.4 Å². The Balaban J connectivity index is 2.33. The number of nitrogens with one attached hydrogen (secondary N) is 1. The highest BCUT2D eigenvalue weighted by atomic mass is 35.5. The van der Waals surface area contributed by atoms with E-state index in [1.54, 1.807) is 0 Å². The third-order valence-electron chi connectivity index (χ3n) is 2.49. The van der Waals surface area contributed by atoms with Crippen molar-refractivity contribution in [3.63, 3.8) is 0 Å². The van der Waals surface area contributed by atoms with Crippen LogP contribution >= 0.6 is 34.8 Å². The Kier molecular flexibility index (Phi) is 5.00. The number of aliphatic hydroxyl groups excluding tert-OH is 1. The fourth-order valence-corrected chi connectivity index (χ4v) is 3.62. The molecule has 0 radical (unpaired) electrons. The molecule has 6 nitrogen and oxygen atoms in total. The lowest BCUT2D eigenvalue weighted by molar-refractivity contribution is 0.269. The second kappa shape index (κ2) is 6.41. The first-order valence-corrected chi connectivity index (χ1v) is 8.26. The molecule has 2 aromatic rings. The van der Waals surface area contributed by atoms with Crippen LogP contribution in [-0.2, 0) is 16.6 Å². The van der Waals surface area contributed by atoms with Gasteiger partial charge < -0.3 is 5.11 Å². The molecule has 1 aromatic carbocycles.